The van der Waals surface area contributed by atoms with E-state index >= 15 is 0 Å². The average molecular weight is 271 g/mol. The van der Waals surface area contributed by atoms with Crippen LogP contribution in [-0.4, -0.2) is 17.2 Å². The molecule has 1 heterocycles. The van der Waals surface area contributed by atoms with Crippen molar-refractivity contribution in [3.8, 4) is 0 Å². The Morgan fingerprint density at radius 1 is 1.11 bits per heavy atom. The number of hydroxylamine groups is 1. The Kier molecular flexibility index (Phi) is 3.05. The lowest BCUT2D eigenvalue weighted by Crippen LogP contribution is -2.15. The zero-order valence-electron chi connectivity index (χ0n) is 10.0. The Balaban J connectivity index is 2.21. The molecule has 0 aromatic heterocycles. The smallest absolute Gasteiger partial charge is 0.216 e. The van der Waals surface area contributed by atoms with Gasteiger partial charge in [0.2, 0.25) is 6.04 Å². The Hall–Kier alpha value is -2.13. The Morgan fingerprint density at radius 3 is 2.68 bits per heavy atom. The van der Waals surface area contributed by atoms with Crippen molar-refractivity contribution in [2.45, 2.75) is 6.04 Å². The molecule has 19 heavy (non-hydrogen) atoms. The second-order valence-corrected chi connectivity index (χ2v) is 4.74. The number of benzene rings is 2. The van der Waals surface area contributed by atoms with Gasteiger partial charge in [-0.15, -0.1) is 0 Å². The van der Waals surface area contributed by atoms with Crippen molar-refractivity contribution in [2.75, 3.05) is 0 Å². The van der Waals surface area contributed by atoms with E-state index in [1.807, 2.05) is 36.4 Å². The topological polar surface area (TPSA) is 38.4 Å². The SMILES string of the molecule is [O-][N+]1=CC=Nc2ccc(Cl)cc2C1c1ccccc1. The summed E-state index contributed by atoms with van der Waals surface area (Å²) >= 11 is 6.05. The summed E-state index contributed by atoms with van der Waals surface area (Å²) in [5, 5.41) is 12.8. The molecule has 0 fully saturated rings. The molecule has 4 heteroatoms. The summed E-state index contributed by atoms with van der Waals surface area (Å²) in [7, 11) is 0. The normalized spacial score (nSPS) is 17.5. The summed E-state index contributed by atoms with van der Waals surface area (Å²) in [4.78, 5) is 4.27. The standard InChI is InChI=1S/C15H11ClN2O/c16-12-6-7-14-13(10-12)15(18(19)9-8-17-14)11-4-2-1-3-5-11/h1-10,15H. The Morgan fingerprint density at radius 2 is 1.89 bits per heavy atom. The number of fused-ring (bicyclic) bond motifs is 1. The van der Waals surface area contributed by atoms with Gasteiger partial charge in [0.05, 0.1) is 17.5 Å². The van der Waals surface area contributed by atoms with Crippen LogP contribution < -0.4 is 0 Å². The fourth-order valence-corrected chi connectivity index (χ4v) is 2.41. The monoisotopic (exact) mass is 270 g/mol. The Bertz CT molecular complexity index is 665. The van der Waals surface area contributed by atoms with E-state index in [9.17, 15) is 5.21 Å². The van der Waals surface area contributed by atoms with Crippen LogP contribution in [0.15, 0.2) is 53.5 Å². The Labute approximate surface area is 116 Å². The third-order valence-corrected chi connectivity index (χ3v) is 3.32. The fraction of sp³-hybridized carbons (Fsp3) is 0.0667. The van der Waals surface area contributed by atoms with E-state index in [1.165, 1.54) is 12.4 Å². The van der Waals surface area contributed by atoms with Crippen molar-refractivity contribution >= 4 is 29.7 Å². The van der Waals surface area contributed by atoms with Gasteiger partial charge >= 0.3 is 0 Å². The average Bonchev–Trinajstić information content (AvgIpc) is 2.58. The molecule has 1 aliphatic rings. The molecule has 94 valence electrons. The lowest BCUT2D eigenvalue weighted by atomic mass is 9.98. The summed E-state index contributed by atoms with van der Waals surface area (Å²) in [5.41, 5.74) is 2.51. The molecule has 2 aromatic carbocycles. The first-order chi connectivity index (χ1) is 9.25. The number of hydrogen-bond donors (Lipinski definition) is 0. The van der Waals surface area contributed by atoms with Crippen LogP contribution >= 0.6 is 11.6 Å². The highest BCUT2D eigenvalue weighted by molar-refractivity contribution is 6.30. The molecule has 0 aliphatic carbocycles. The quantitative estimate of drug-likeness (QED) is 0.575. The molecule has 0 saturated carbocycles. The van der Waals surface area contributed by atoms with E-state index in [0.29, 0.717) is 5.02 Å². The van der Waals surface area contributed by atoms with Crippen LogP contribution in [0.3, 0.4) is 0 Å². The minimum absolute atomic E-state index is 0.419. The molecule has 3 nitrogen and oxygen atoms in total. The summed E-state index contributed by atoms with van der Waals surface area (Å²) < 4.78 is 0.904. The maximum atomic E-state index is 12.2. The van der Waals surface area contributed by atoms with Gasteiger partial charge in [0.1, 0.15) is 0 Å². The zero-order valence-corrected chi connectivity index (χ0v) is 10.8. The first-order valence-corrected chi connectivity index (χ1v) is 6.31. The summed E-state index contributed by atoms with van der Waals surface area (Å²) in [6.45, 7) is 0. The molecule has 1 aliphatic heterocycles. The largest absolute Gasteiger partial charge is 0.623 e. The van der Waals surface area contributed by atoms with Gasteiger partial charge in [-0.05, 0) is 18.2 Å². The van der Waals surface area contributed by atoms with Crippen LogP contribution in [0.5, 0.6) is 0 Å². The van der Waals surface area contributed by atoms with Crippen LogP contribution in [0.2, 0.25) is 5.02 Å². The van der Waals surface area contributed by atoms with E-state index in [0.717, 1.165) is 21.6 Å². The highest BCUT2D eigenvalue weighted by Crippen LogP contribution is 2.35. The molecule has 2 aromatic rings. The molecule has 0 N–H and O–H groups in total. The van der Waals surface area contributed by atoms with Gasteiger partial charge in [0.25, 0.3) is 0 Å². The van der Waals surface area contributed by atoms with Gasteiger partial charge in [0, 0.05) is 10.6 Å². The van der Waals surface area contributed by atoms with Crippen LogP contribution in [0.25, 0.3) is 0 Å². The molecule has 0 radical (unpaired) electrons. The number of hydrogen-bond acceptors (Lipinski definition) is 2. The molecule has 0 saturated heterocycles. The van der Waals surface area contributed by atoms with Gasteiger partial charge in [-0.25, -0.2) is 0 Å². The molecule has 1 unspecified atom stereocenters. The van der Waals surface area contributed by atoms with E-state index in [1.54, 1.807) is 12.1 Å². The zero-order chi connectivity index (χ0) is 13.2. The second-order valence-electron chi connectivity index (χ2n) is 4.30. The first kappa shape index (κ1) is 11.9. The van der Waals surface area contributed by atoms with Gasteiger partial charge in [-0.1, -0.05) is 41.9 Å². The first-order valence-electron chi connectivity index (χ1n) is 5.93. The van der Waals surface area contributed by atoms with Gasteiger partial charge in [0.15, 0.2) is 6.21 Å². The lowest BCUT2D eigenvalue weighted by Gasteiger charge is -2.17. The molecular weight excluding hydrogens is 260 g/mol. The van der Waals surface area contributed by atoms with Crippen molar-refractivity contribution in [3.63, 3.8) is 0 Å². The van der Waals surface area contributed by atoms with E-state index < -0.39 is 6.04 Å². The summed E-state index contributed by atoms with van der Waals surface area (Å²) in [6, 6.07) is 14.6. The predicted octanol–water partition coefficient (Wildman–Crippen LogP) is 3.73. The number of halogens is 1. The number of aliphatic imine (C=N–C) groups is 1. The van der Waals surface area contributed by atoms with Gasteiger partial charge < -0.3 is 5.21 Å². The summed E-state index contributed by atoms with van der Waals surface area (Å²) in [6.07, 6.45) is 2.95. The van der Waals surface area contributed by atoms with Crippen molar-refractivity contribution in [3.05, 3.63) is 69.9 Å². The van der Waals surface area contributed by atoms with Crippen molar-refractivity contribution < 1.29 is 4.74 Å². The molecule has 0 amide bonds. The van der Waals surface area contributed by atoms with Crippen LogP contribution in [0, 0.1) is 5.21 Å². The van der Waals surface area contributed by atoms with Crippen molar-refractivity contribution in [1.82, 2.24) is 0 Å². The minimum atomic E-state index is -0.419. The molecule has 0 bridgehead atoms. The second kappa shape index (κ2) is 4.86. The molecule has 1 atom stereocenters. The van der Waals surface area contributed by atoms with Crippen LogP contribution in [-0.2, 0) is 0 Å². The maximum Gasteiger partial charge on any atom is 0.216 e. The van der Waals surface area contributed by atoms with E-state index in [2.05, 4.69) is 4.99 Å². The molecule has 0 spiro atoms. The summed E-state index contributed by atoms with van der Waals surface area (Å²) in [5.74, 6) is 0. The lowest BCUT2D eigenvalue weighted by molar-refractivity contribution is -0.489. The highest BCUT2D eigenvalue weighted by atomic mass is 35.5. The van der Waals surface area contributed by atoms with E-state index in [-0.39, 0.29) is 0 Å². The minimum Gasteiger partial charge on any atom is -0.623 e. The third-order valence-electron chi connectivity index (χ3n) is 3.08. The van der Waals surface area contributed by atoms with Gasteiger partial charge in [-0.3, -0.25) is 4.99 Å². The molecule has 3 rings (SSSR count). The predicted molar refractivity (Wildman–Crippen MR) is 77.6 cm³/mol. The van der Waals surface area contributed by atoms with Gasteiger partial charge in [-0.2, -0.15) is 4.74 Å². The van der Waals surface area contributed by atoms with Crippen LogP contribution in [0.1, 0.15) is 17.2 Å². The number of rotatable bonds is 1. The van der Waals surface area contributed by atoms with Crippen molar-refractivity contribution in [2.24, 2.45) is 4.99 Å². The maximum absolute atomic E-state index is 12.2. The van der Waals surface area contributed by atoms with Crippen LogP contribution in [0.4, 0.5) is 5.69 Å². The molecular formula is C15H11ClN2O. The number of nitrogens with zero attached hydrogens (tertiary/aromatic N) is 2. The van der Waals surface area contributed by atoms with E-state index in [4.69, 9.17) is 11.6 Å². The highest BCUT2D eigenvalue weighted by Gasteiger charge is 2.25. The van der Waals surface area contributed by atoms with Crippen molar-refractivity contribution in [1.29, 1.82) is 0 Å². The third kappa shape index (κ3) is 2.25. The fourth-order valence-electron chi connectivity index (χ4n) is 2.23.